The van der Waals surface area contributed by atoms with E-state index in [2.05, 4.69) is 40.7 Å². The molecule has 2 heterocycles. The van der Waals surface area contributed by atoms with E-state index in [1.807, 2.05) is 16.6 Å². The number of benzene rings is 1. The summed E-state index contributed by atoms with van der Waals surface area (Å²) < 4.78 is 41.3. The van der Waals surface area contributed by atoms with Gasteiger partial charge in [0.15, 0.2) is 0 Å². The first kappa shape index (κ1) is 19.2. The molecule has 0 aliphatic heterocycles. The largest absolute Gasteiger partial charge is 0.416 e. The molecule has 0 saturated heterocycles. The first-order chi connectivity index (χ1) is 12.4. The van der Waals surface area contributed by atoms with E-state index in [9.17, 15) is 13.2 Å². The van der Waals surface area contributed by atoms with Crippen molar-refractivity contribution in [2.75, 3.05) is 0 Å². The van der Waals surface area contributed by atoms with Crippen molar-refractivity contribution in [2.24, 2.45) is 0 Å². The number of nitrogens with zero attached hydrogens (tertiary/aromatic N) is 2. The summed E-state index contributed by atoms with van der Waals surface area (Å²) >= 11 is 2.32. The summed E-state index contributed by atoms with van der Waals surface area (Å²) in [6, 6.07) is 11.2. The molecule has 0 fully saturated rings. The fourth-order valence-corrected chi connectivity index (χ4v) is 3.68. The number of hydrogen-bond donors (Lipinski definition) is 0. The maximum absolute atomic E-state index is 12.7. The lowest BCUT2D eigenvalue weighted by molar-refractivity contribution is -0.137. The van der Waals surface area contributed by atoms with E-state index in [0.717, 1.165) is 39.8 Å². The van der Waals surface area contributed by atoms with Gasteiger partial charge < -0.3 is 0 Å². The SMILES string of the molecule is CCCCCCc1c(I)ccc2cc(-c3ccc(C(F)(F)F)cc3)nn12. The summed E-state index contributed by atoms with van der Waals surface area (Å²) in [6.45, 7) is 2.19. The van der Waals surface area contributed by atoms with Gasteiger partial charge in [-0.15, -0.1) is 0 Å². The van der Waals surface area contributed by atoms with Gasteiger partial charge in [0, 0.05) is 9.13 Å². The predicted octanol–water partition coefficient (Wildman–Crippen LogP) is 6.75. The van der Waals surface area contributed by atoms with Gasteiger partial charge >= 0.3 is 6.18 Å². The molecule has 0 amide bonds. The van der Waals surface area contributed by atoms with Gasteiger partial charge in [-0.25, -0.2) is 4.52 Å². The fourth-order valence-electron chi connectivity index (χ4n) is 3.00. The third kappa shape index (κ3) is 4.22. The van der Waals surface area contributed by atoms with Crippen molar-refractivity contribution in [3.05, 3.63) is 57.3 Å². The second-order valence-corrected chi connectivity index (χ2v) is 7.54. The van der Waals surface area contributed by atoms with Crippen LogP contribution < -0.4 is 0 Å². The van der Waals surface area contributed by atoms with E-state index in [4.69, 9.17) is 0 Å². The van der Waals surface area contributed by atoms with Crippen LogP contribution in [0.2, 0.25) is 0 Å². The van der Waals surface area contributed by atoms with E-state index in [1.54, 1.807) is 0 Å². The van der Waals surface area contributed by atoms with Crippen molar-refractivity contribution in [3.8, 4) is 11.3 Å². The maximum atomic E-state index is 12.7. The molecule has 0 aliphatic carbocycles. The zero-order chi connectivity index (χ0) is 18.7. The Morgan fingerprint density at radius 1 is 1.00 bits per heavy atom. The van der Waals surface area contributed by atoms with E-state index in [1.165, 1.54) is 31.4 Å². The average Bonchev–Trinajstić information content (AvgIpc) is 3.04. The van der Waals surface area contributed by atoms with Gasteiger partial charge in [0.05, 0.1) is 22.5 Å². The van der Waals surface area contributed by atoms with Crippen molar-refractivity contribution in [3.63, 3.8) is 0 Å². The van der Waals surface area contributed by atoms with Crippen LogP contribution in [0.4, 0.5) is 13.2 Å². The van der Waals surface area contributed by atoms with Crippen LogP contribution in [-0.2, 0) is 12.6 Å². The maximum Gasteiger partial charge on any atom is 0.416 e. The molecule has 0 atom stereocenters. The van der Waals surface area contributed by atoms with E-state index >= 15 is 0 Å². The molecule has 138 valence electrons. The molecule has 0 bridgehead atoms. The molecular weight excluding hydrogens is 452 g/mol. The number of aryl methyl sites for hydroxylation is 1. The summed E-state index contributed by atoms with van der Waals surface area (Å²) in [4.78, 5) is 0. The zero-order valence-electron chi connectivity index (χ0n) is 14.5. The topological polar surface area (TPSA) is 17.3 Å². The van der Waals surface area contributed by atoms with Crippen LogP contribution in [0.5, 0.6) is 0 Å². The lowest BCUT2D eigenvalue weighted by Crippen LogP contribution is -2.04. The minimum Gasteiger partial charge on any atom is -0.236 e. The molecule has 2 aromatic heterocycles. The molecule has 2 nitrogen and oxygen atoms in total. The number of unbranched alkanes of at least 4 members (excludes halogenated alkanes) is 3. The number of rotatable bonds is 6. The van der Waals surface area contributed by atoms with E-state index in [-0.39, 0.29) is 0 Å². The highest BCUT2D eigenvalue weighted by molar-refractivity contribution is 14.1. The highest BCUT2D eigenvalue weighted by atomic mass is 127. The van der Waals surface area contributed by atoms with E-state index in [0.29, 0.717) is 11.3 Å². The summed E-state index contributed by atoms with van der Waals surface area (Å²) in [5.41, 5.74) is 2.86. The van der Waals surface area contributed by atoms with Crippen LogP contribution >= 0.6 is 22.6 Å². The Morgan fingerprint density at radius 3 is 2.38 bits per heavy atom. The molecule has 3 aromatic rings. The molecule has 0 aliphatic rings. The Hall–Kier alpha value is -1.57. The van der Waals surface area contributed by atoms with Crippen LogP contribution in [0.25, 0.3) is 16.8 Å². The Bertz CT molecular complexity index is 882. The van der Waals surface area contributed by atoms with Crippen LogP contribution in [-0.4, -0.2) is 9.61 Å². The smallest absolute Gasteiger partial charge is 0.236 e. The van der Waals surface area contributed by atoms with Crippen LogP contribution in [0, 0.1) is 3.57 Å². The van der Waals surface area contributed by atoms with Gasteiger partial charge in [-0.05, 0) is 65.8 Å². The quantitative estimate of drug-likeness (QED) is 0.287. The highest BCUT2D eigenvalue weighted by Gasteiger charge is 2.30. The summed E-state index contributed by atoms with van der Waals surface area (Å²) in [5.74, 6) is 0. The van der Waals surface area contributed by atoms with Crippen molar-refractivity contribution >= 4 is 28.1 Å². The zero-order valence-corrected chi connectivity index (χ0v) is 16.6. The standard InChI is InChI=1S/C20H20F3IN2/c1-2-3-4-5-6-19-17(24)12-11-16-13-18(25-26(16)19)14-7-9-15(10-8-14)20(21,22)23/h7-13H,2-6H2,1H3. The monoisotopic (exact) mass is 472 g/mol. The number of pyridine rings is 1. The minimum absolute atomic E-state index is 0.642. The fraction of sp³-hybridized carbons (Fsp3) is 0.350. The first-order valence-corrected chi connectivity index (χ1v) is 9.83. The van der Waals surface area contributed by atoms with Crippen molar-refractivity contribution < 1.29 is 13.2 Å². The van der Waals surface area contributed by atoms with Crippen LogP contribution in [0.1, 0.15) is 43.9 Å². The van der Waals surface area contributed by atoms with Gasteiger partial charge in [0.25, 0.3) is 0 Å². The van der Waals surface area contributed by atoms with Crippen molar-refractivity contribution in [2.45, 2.75) is 45.2 Å². The molecule has 6 heteroatoms. The normalized spacial score (nSPS) is 12.0. The average molecular weight is 472 g/mol. The first-order valence-electron chi connectivity index (χ1n) is 8.75. The predicted molar refractivity (Wildman–Crippen MR) is 106 cm³/mol. The Labute approximate surface area is 164 Å². The molecule has 0 saturated carbocycles. The molecule has 0 N–H and O–H groups in total. The highest BCUT2D eigenvalue weighted by Crippen LogP contribution is 2.31. The minimum atomic E-state index is -4.32. The summed E-state index contributed by atoms with van der Waals surface area (Å²) in [5, 5.41) is 4.67. The number of fused-ring (bicyclic) bond motifs is 1. The number of halogens is 4. The molecule has 26 heavy (non-hydrogen) atoms. The Morgan fingerprint density at radius 2 is 1.73 bits per heavy atom. The lowest BCUT2D eigenvalue weighted by Gasteiger charge is -2.08. The molecular formula is C20H20F3IN2. The number of hydrogen-bond acceptors (Lipinski definition) is 1. The summed E-state index contributed by atoms with van der Waals surface area (Å²) in [7, 11) is 0. The van der Waals surface area contributed by atoms with Gasteiger partial charge in [-0.1, -0.05) is 38.3 Å². The van der Waals surface area contributed by atoms with Gasteiger partial charge in [-0.2, -0.15) is 18.3 Å². The van der Waals surface area contributed by atoms with Crippen LogP contribution in [0.3, 0.4) is 0 Å². The molecule has 3 rings (SSSR count). The van der Waals surface area contributed by atoms with Crippen molar-refractivity contribution in [1.29, 1.82) is 0 Å². The lowest BCUT2D eigenvalue weighted by atomic mass is 10.1. The van der Waals surface area contributed by atoms with E-state index < -0.39 is 11.7 Å². The Balaban J connectivity index is 1.91. The Kier molecular flexibility index (Phi) is 5.89. The number of alkyl halides is 3. The molecule has 0 radical (unpaired) electrons. The second-order valence-electron chi connectivity index (χ2n) is 6.38. The molecule has 0 spiro atoms. The third-order valence-electron chi connectivity index (χ3n) is 4.44. The second kappa shape index (κ2) is 7.98. The summed E-state index contributed by atoms with van der Waals surface area (Å²) in [6.07, 6.45) is 1.35. The van der Waals surface area contributed by atoms with Crippen molar-refractivity contribution in [1.82, 2.24) is 9.61 Å². The molecule has 1 aromatic carbocycles. The third-order valence-corrected chi connectivity index (χ3v) is 5.43. The van der Waals surface area contributed by atoms with Gasteiger partial charge in [0.2, 0.25) is 0 Å². The van der Waals surface area contributed by atoms with Crippen LogP contribution in [0.15, 0.2) is 42.5 Å². The van der Waals surface area contributed by atoms with Gasteiger partial charge in [0.1, 0.15) is 0 Å². The number of aromatic nitrogens is 2. The molecule has 0 unspecified atom stereocenters. The van der Waals surface area contributed by atoms with Gasteiger partial charge in [-0.3, -0.25) is 0 Å².